The van der Waals surface area contributed by atoms with E-state index in [0.717, 1.165) is 26.2 Å². The monoisotopic (exact) mass is 196 g/mol. The Bertz CT molecular complexity index is 218. The molecule has 0 fully saturated rings. The molecule has 1 aromatic rings. The van der Waals surface area contributed by atoms with Gasteiger partial charge in [0.2, 0.25) is 0 Å². The molecule has 1 heterocycles. The minimum atomic E-state index is 1.00. The molecule has 0 aliphatic carbocycles. The smallest absolute Gasteiger partial charge is 0.0946 e. The highest BCUT2D eigenvalue weighted by Gasteiger charge is 1.91. The normalized spacial score (nSPS) is 11.1. The van der Waals surface area contributed by atoms with E-state index in [4.69, 9.17) is 0 Å². The highest BCUT2D eigenvalue weighted by molar-refractivity contribution is 4.74. The van der Waals surface area contributed by atoms with Gasteiger partial charge >= 0.3 is 0 Å². The zero-order valence-corrected chi connectivity index (χ0v) is 9.11. The fourth-order valence-corrected chi connectivity index (χ4v) is 1.27. The summed E-state index contributed by atoms with van der Waals surface area (Å²) in [6.07, 6.45) is 6.85. The predicted octanol–water partition coefficient (Wildman–Crippen LogP) is 0.424. The van der Waals surface area contributed by atoms with Gasteiger partial charge in [0, 0.05) is 25.5 Å². The van der Waals surface area contributed by atoms with Crippen molar-refractivity contribution in [1.29, 1.82) is 0 Å². The number of rotatable bonds is 7. The summed E-state index contributed by atoms with van der Waals surface area (Å²) < 4.78 is 2.08. The quantitative estimate of drug-likeness (QED) is 0.642. The Morgan fingerprint density at radius 1 is 1.36 bits per heavy atom. The Kier molecular flexibility index (Phi) is 5.25. The third kappa shape index (κ3) is 4.99. The summed E-state index contributed by atoms with van der Waals surface area (Å²) in [4.78, 5) is 6.19. The Labute approximate surface area is 85.9 Å². The summed E-state index contributed by atoms with van der Waals surface area (Å²) in [6, 6.07) is 0. The number of hydrogen-bond acceptors (Lipinski definition) is 3. The van der Waals surface area contributed by atoms with Crippen molar-refractivity contribution >= 4 is 0 Å². The van der Waals surface area contributed by atoms with E-state index in [1.54, 1.807) is 0 Å². The van der Waals surface area contributed by atoms with Gasteiger partial charge in [-0.1, -0.05) is 0 Å². The maximum absolute atomic E-state index is 3.99. The topological polar surface area (TPSA) is 33.1 Å². The van der Waals surface area contributed by atoms with Crippen LogP contribution < -0.4 is 5.32 Å². The SMILES string of the molecule is CN(C)CCCNCCn1ccnc1. The molecule has 0 atom stereocenters. The maximum Gasteiger partial charge on any atom is 0.0946 e. The van der Waals surface area contributed by atoms with Crippen molar-refractivity contribution in [3.8, 4) is 0 Å². The third-order valence-corrected chi connectivity index (χ3v) is 2.06. The molecule has 0 radical (unpaired) electrons. The lowest BCUT2D eigenvalue weighted by atomic mass is 10.4. The zero-order valence-electron chi connectivity index (χ0n) is 9.11. The molecule has 0 bridgehead atoms. The second-order valence-corrected chi connectivity index (χ2v) is 3.71. The summed E-state index contributed by atoms with van der Waals surface area (Å²) in [6.45, 7) is 4.26. The molecule has 4 heteroatoms. The second-order valence-electron chi connectivity index (χ2n) is 3.71. The van der Waals surface area contributed by atoms with Crippen LogP contribution in [0, 0.1) is 0 Å². The summed E-state index contributed by atoms with van der Waals surface area (Å²) in [5.74, 6) is 0. The van der Waals surface area contributed by atoms with Gasteiger partial charge in [-0.15, -0.1) is 0 Å². The van der Waals surface area contributed by atoms with E-state index < -0.39 is 0 Å². The van der Waals surface area contributed by atoms with E-state index in [0.29, 0.717) is 0 Å². The fourth-order valence-electron chi connectivity index (χ4n) is 1.27. The van der Waals surface area contributed by atoms with Gasteiger partial charge in [0.15, 0.2) is 0 Å². The molecule has 80 valence electrons. The zero-order chi connectivity index (χ0) is 10.2. The minimum Gasteiger partial charge on any atom is -0.336 e. The first-order valence-electron chi connectivity index (χ1n) is 5.10. The van der Waals surface area contributed by atoms with Gasteiger partial charge in [-0.2, -0.15) is 0 Å². The van der Waals surface area contributed by atoms with Crippen molar-refractivity contribution in [2.75, 3.05) is 33.7 Å². The van der Waals surface area contributed by atoms with Gasteiger partial charge in [0.05, 0.1) is 6.33 Å². The van der Waals surface area contributed by atoms with Crippen LogP contribution in [0.5, 0.6) is 0 Å². The van der Waals surface area contributed by atoms with Crippen LogP contribution in [-0.2, 0) is 6.54 Å². The molecule has 1 aromatic heterocycles. The molecule has 0 aromatic carbocycles. The Morgan fingerprint density at radius 3 is 2.86 bits per heavy atom. The lowest BCUT2D eigenvalue weighted by molar-refractivity contribution is 0.393. The van der Waals surface area contributed by atoms with Gasteiger partial charge < -0.3 is 14.8 Å². The van der Waals surface area contributed by atoms with Gasteiger partial charge in [-0.25, -0.2) is 4.98 Å². The molecule has 0 aliphatic rings. The molecule has 1 rings (SSSR count). The van der Waals surface area contributed by atoms with Crippen LogP contribution in [0.1, 0.15) is 6.42 Å². The first-order valence-corrected chi connectivity index (χ1v) is 5.10. The molecule has 0 saturated heterocycles. The number of hydrogen-bond donors (Lipinski definition) is 1. The molecule has 1 N–H and O–H groups in total. The molecule has 0 spiro atoms. The average Bonchev–Trinajstić information content (AvgIpc) is 2.63. The van der Waals surface area contributed by atoms with E-state index in [9.17, 15) is 0 Å². The van der Waals surface area contributed by atoms with Crippen molar-refractivity contribution in [2.24, 2.45) is 0 Å². The van der Waals surface area contributed by atoms with Gasteiger partial charge in [0.25, 0.3) is 0 Å². The van der Waals surface area contributed by atoms with Crippen molar-refractivity contribution in [2.45, 2.75) is 13.0 Å². The molecule has 0 aliphatic heterocycles. The largest absolute Gasteiger partial charge is 0.336 e. The lowest BCUT2D eigenvalue weighted by Crippen LogP contribution is -2.24. The van der Waals surface area contributed by atoms with Crippen LogP contribution in [-0.4, -0.2) is 48.2 Å². The van der Waals surface area contributed by atoms with Crippen LogP contribution in [0.15, 0.2) is 18.7 Å². The molecule has 14 heavy (non-hydrogen) atoms. The van der Waals surface area contributed by atoms with Crippen LogP contribution in [0.4, 0.5) is 0 Å². The molecule has 4 nitrogen and oxygen atoms in total. The molecule has 0 amide bonds. The number of imidazole rings is 1. The van der Waals surface area contributed by atoms with Gasteiger partial charge in [0.1, 0.15) is 0 Å². The Morgan fingerprint density at radius 2 is 2.21 bits per heavy atom. The van der Waals surface area contributed by atoms with Gasteiger partial charge in [-0.05, 0) is 33.6 Å². The summed E-state index contributed by atoms with van der Waals surface area (Å²) in [7, 11) is 4.21. The third-order valence-electron chi connectivity index (χ3n) is 2.06. The highest BCUT2D eigenvalue weighted by atomic mass is 15.1. The summed E-state index contributed by atoms with van der Waals surface area (Å²) >= 11 is 0. The fraction of sp³-hybridized carbons (Fsp3) is 0.700. The summed E-state index contributed by atoms with van der Waals surface area (Å²) in [5, 5.41) is 3.40. The minimum absolute atomic E-state index is 1.00. The van der Waals surface area contributed by atoms with E-state index in [2.05, 4.69) is 33.9 Å². The Balaban J connectivity index is 1.90. The van der Waals surface area contributed by atoms with Crippen LogP contribution in [0.3, 0.4) is 0 Å². The van der Waals surface area contributed by atoms with Crippen LogP contribution >= 0.6 is 0 Å². The lowest BCUT2D eigenvalue weighted by Gasteiger charge is -2.09. The average molecular weight is 196 g/mol. The van der Waals surface area contributed by atoms with Gasteiger partial charge in [-0.3, -0.25) is 0 Å². The predicted molar refractivity (Wildman–Crippen MR) is 58.3 cm³/mol. The first-order chi connectivity index (χ1) is 6.79. The van der Waals surface area contributed by atoms with Crippen molar-refractivity contribution < 1.29 is 0 Å². The number of aromatic nitrogens is 2. The van der Waals surface area contributed by atoms with E-state index in [1.807, 2.05) is 18.7 Å². The standard InChI is InChI=1S/C10H20N4/c1-13(2)7-3-4-11-5-8-14-9-6-12-10-14/h6,9-11H,3-5,7-8H2,1-2H3. The highest BCUT2D eigenvalue weighted by Crippen LogP contribution is 1.84. The molecule has 0 unspecified atom stereocenters. The number of nitrogens with zero attached hydrogens (tertiary/aromatic N) is 3. The second kappa shape index (κ2) is 6.56. The molecule has 0 saturated carbocycles. The van der Waals surface area contributed by atoms with Crippen molar-refractivity contribution in [1.82, 2.24) is 19.8 Å². The molecular weight excluding hydrogens is 176 g/mol. The van der Waals surface area contributed by atoms with E-state index >= 15 is 0 Å². The van der Waals surface area contributed by atoms with E-state index in [-0.39, 0.29) is 0 Å². The van der Waals surface area contributed by atoms with Crippen molar-refractivity contribution in [3.63, 3.8) is 0 Å². The van der Waals surface area contributed by atoms with Crippen LogP contribution in [0.2, 0.25) is 0 Å². The molecular formula is C10H20N4. The Hall–Kier alpha value is -0.870. The maximum atomic E-state index is 3.99. The number of nitrogens with one attached hydrogen (secondary N) is 1. The van der Waals surface area contributed by atoms with Crippen LogP contribution in [0.25, 0.3) is 0 Å². The van der Waals surface area contributed by atoms with E-state index in [1.165, 1.54) is 6.42 Å². The first kappa shape index (κ1) is 11.2. The summed E-state index contributed by atoms with van der Waals surface area (Å²) in [5.41, 5.74) is 0. The van der Waals surface area contributed by atoms with Crippen molar-refractivity contribution in [3.05, 3.63) is 18.7 Å².